The van der Waals surface area contributed by atoms with Gasteiger partial charge in [0.25, 0.3) is 0 Å². The highest BCUT2D eigenvalue weighted by molar-refractivity contribution is 5.99. The van der Waals surface area contributed by atoms with Crippen molar-refractivity contribution < 1.29 is 13.9 Å². The fraction of sp³-hybridized carbons (Fsp3) is 0.417. The largest absolute Gasteiger partial charge is 0.494 e. The maximum absolute atomic E-state index is 13.0. The Balaban J connectivity index is 2.15. The molecule has 1 aromatic carbocycles. The van der Waals surface area contributed by atoms with E-state index in [0.29, 0.717) is 24.3 Å². The molecule has 0 radical (unpaired) electrons. The summed E-state index contributed by atoms with van der Waals surface area (Å²) in [6.45, 7) is 0. The van der Waals surface area contributed by atoms with Crippen molar-refractivity contribution in [3.05, 3.63) is 24.0 Å². The normalized spacial score (nSPS) is 17.1. The molecule has 1 fully saturated rings. The quantitative estimate of drug-likeness (QED) is 0.841. The lowest BCUT2D eigenvalue weighted by Gasteiger charge is -2.36. The maximum atomic E-state index is 13.0. The van der Waals surface area contributed by atoms with E-state index in [-0.39, 0.29) is 5.91 Å². The summed E-state index contributed by atoms with van der Waals surface area (Å²) in [4.78, 5) is 11.9. The van der Waals surface area contributed by atoms with Gasteiger partial charge in [0.1, 0.15) is 11.6 Å². The number of ether oxygens (including phenoxy) is 1. The summed E-state index contributed by atoms with van der Waals surface area (Å²) < 4.78 is 18.0. The van der Waals surface area contributed by atoms with Crippen LogP contribution >= 0.6 is 0 Å². The number of halogens is 1. The zero-order valence-electron chi connectivity index (χ0n) is 9.63. The van der Waals surface area contributed by atoms with Gasteiger partial charge < -0.3 is 15.8 Å². The SMILES string of the molecule is COc1cc(F)ccc1NC(=O)C1(N)CCC1. The Hall–Kier alpha value is -1.62. The van der Waals surface area contributed by atoms with Crippen molar-refractivity contribution in [3.8, 4) is 5.75 Å². The molecule has 0 aliphatic heterocycles. The van der Waals surface area contributed by atoms with Crippen molar-refractivity contribution in [2.24, 2.45) is 5.73 Å². The number of carbonyl (C=O) groups is 1. The number of hydrogen-bond acceptors (Lipinski definition) is 3. The molecule has 3 N–H and O–H groups in total. The van der Waals surface area contributed by atoms with Crippen LogP contribution in [0.2, 0.25) is 0 Å². The first kappa shape index (κ1) is 11.9. The van der Waals surface area contributed by atoms with Crippen LogP contribution in [0.4, 0.5) is 10.1 Å². The Morgan fingerprint density at radius 1 is 1.53 bits per heavy atom. The molecule has 0 unspecified atom stereocenters. The van der Waals surface area contributed by atoms with E-state index in [1.165, 1.54) is 25.3 Å². The van der Waals surface area contributed by atoms with Gasteiger partial charge in [-0.05, 0) is 31.4 Å². The van der Waals surface area contributed by atoms with Gasteiger partial charge in [-0.1, -0.05) is 0 Å². The zero-order chi connectivity index (χ0) is 12.5. The topological polar surface area (TPSA) is 64.3 Å². The second kappa shape index (κ2) is 4.33. The fourth-order valence-electron chi connectivity index (χ4n) is 1.80. The summed E-state index contributed by atoms with van der Waals surface area (Å²) in [5, 5.41) is 2.68. The Bertz CT molecular complexity index is 444. The van der Waals surface area contributed by atoms with Gasteiger partial charge in [-0.3, -0.25) is 4.79 Å². The number of methoxy groups -OCH3 is 1. The number of nitrogens with two attached hydrogens (primary N) is 1. The molecule has 0 saturated heterocycles. The molecular formula is C12H15FN2O2. The standard InChI is InChI=1S/C12H15FN2O2/c1-17-10-7-8(13)3-4-9(10)15-11(16)12(14)5-2-6-12/h3-4,7H,2,5-6,14H2,1H3,(H,15,16). The first-order valence-corrected chi connectivity index (χ1v) is 5.49. The van der Waals surface area contributed by atoms with Crippen LogP contribution in [-0.2, 0) is 4.79 Å². The van der Waals surface area contributed by atoms with Gasteiger partial charge in [-0.15, -0.1) is 0 Å². The molecule has 17 heavy (non-hydrogen) atoms. The monoisotopic (exact) mass is 238 g/mol. The minimum atomic E-state index is -0.778. The van der Waals surface area contributed by atoms with E-state index >= 15 is 0 Å². The van der Waals surface area contributed by atoms with Crippen LogP contribution in [0.1, 0.15) is 19.3 Å². The Morgan fingerprint density at radius 3 is 2.76 bits per heavy atom. The van der Waals surface area contributed by atoms with Crippen LogP contribution in [-0.4, -0.2) is 18.6 Å². The molecule has 0 aromatic heterocycles. The van der Waals surface area contributed by atoms with E-state index in [0.717, 1.165) is 6.42 Å². The van der Waals surface area contributed by atoms with Crippen LogP contribution in [0, 0.1) is 5.82 Å². The Labute approximate surface area is 98.9 Å². The number of carbonyl (C=O) groups excluding carboxylic acids is 1. The molecule has 1 amide bonds. The number of hydrogen-bond donors (Lipinski definition) is 2. The minimum absolute atomic E-state index is 0.242. The summed E-state index contributed by atoms with van der Waals surface area (Å²) in [7, 11) is 1.42. The fourth-order valence-corrected chi connectivity index (χ4v) is 1.80. The molecule has 1 saturated carbocycles. The molecule has 1 aromatic rings. The smallest absolute Gasteiger partial charge is 0.244 e. The zero-order valence-corrected chi connectivity index (χ0v) is 9.63. The number of amides is 1. The van der Waals surface area contributed by atoms with Crippen molar-refractivity contribution in [1.82, 2.24) is 0 Å². The third-order valence-electron chi connectivity index (χ3n) is 3.11. The molecule has 92 valence electrons. The third-order valence-corrected chi connectivity index (χ3v) is 3.11. The molecule has 1 aliphatic carbocycles. The van der Waals surface area contributed by atoms with Gasteiger partial charge in [0.05, 0.1) is 18.3 Å². The summed E-state index contributed by atoms with van der Waals surface area (Å²) in [6.07, 6.45) is 2.33. The molecule has 2 rings (SSSR count). The van der Waals surface area contributed by atoms with E-state index in [1.807, 2.05) is 0 Å². The highest BCUT2D eigenvalue weighted by Gasteiger charge is 2.40. The van der Waals surface area contributed by atoms with Crippen LogP contribution in [0.15, 0.2) is 18.2 Å². The molecule has 0 bridgehead atoms. The van der Waals surface area contributed by atoms with Gasteiger partial charge in [0, 0.05) is 6.07 Å². The van der Waals surface area contributed by atoms with E-state index in [2.05, 4.69) is 5.32 Å². The Morgan fingerprint density at radius 2 is 2.24 bits per heavy atom. The van der Waals surface area contributed by atoms with Crippen molar-refractivity contribution in [1.29, 1.82) is 0 Å². The van der Waals surface area contributed by atoms with Crippen molar-refractivity contribution in [2.75, 3.05) is 12.4 Å². The van der Waals surface area contributed by atoms with Gasteiger partial charge >= 0.3 is 0 Å². The van der Waals surface area contributed by atoms with Crippen LogP contribution in [0.3, 0.4) is 0 Å². The third kappa shape index (κ3) is 2.24. The molecule has 4 nitrogen and oxygen atoms in total. The number of rotatable bonds is 3. The van der Waals surface area contributed by atoms with E-state index in [9.17, 15) is 9.18 Å². The molecule has 0 spiro atoms. The molecule has 1 aliphatic rings. The highest BCUT2D eigenvalue weighted by atomic mass is 19.1. The lowest BCUT2D eigenvalue weighted by molar-refractivity contribution is -0.123. The van der Waals surface area contributed by atoms with Crippen molar-refractivity contribution in [3.63, 3.8) is 0 Å². The lowest BCUT2D eigenvalue weighted by atomic mass is 9.77. The second-order valence-corrected chi connectivity index (χ2v) is 4.31. The summed E-state index contributed by atoms with van der Waals surface area (Å²) in [5.74, 6) is -0.360. The van der Waals surface area contributed by atoms with Crippen molar-refractivity contribution >= 4 is 11.6 Å². The van der Waals surface area contributed by atoms with Gasteiger partial charge in [0.2, 0.25) is 5.91 Å². The van der Waals surface area contributed by atoms with Gasteiger partial charge in [-0.2, -0.15) is 0 Å². The average molecular weight is 238 g/mol. The predicted molar refractivity (Wildman–Crippen MR) is 62.4 cm³/mol. The van der Waals surface area contributed by atoms with Crippen LogP contribution < -0.4 is 15.8 Å². The van der Waals surface area contributed by atoms with E-state index < -0.39 is 11.4 Å². The lowest BCUT2D eigenvalue weighted by Crippen LogP contribution is -2.56. The first-order chi connectivity index (χ1) is 8.05. The molecule has 0 heterocycles. The second-order valence-electron chi connectivity index (χ2n) is 4.31. The summed E-state index contributed by atoms with van der Waals surface area (Å²) >= 11 is 0. The van der Waals surface area contributed by atoms with Gasteiger partial charge in [0.15, 0.2) is 0 Å². The number of nitrogens with one attached hydrogen (secondary N) is 1. The maximum Gasteiger partial charge on any atom is 0.244 e. The molecular weight excluding hydrogens is 223 g/mol. The summed E-state index contributed by atoms with van der Waals surface area (Å²) in [6, 6.07) is 3.95. The average Bonchev–Trinajstić information content (AvgIpc) is 2.28. The van der Waals surface area contributed by atoms with Crippen molar-refractivity contribution in [2.45, 2.75) is 24.8 Å². The molecule has 5 heteroatoms. The first-order valence-electron chi connectivity index (χ1n) is 5.49. The number of benzene rings is 1. The van der Waals surface area contributed by atoms with E-state index in [4.69, 9.17) is 10.5 Å². The van der Waals surface area contributed by atoms with E-state index in [1.54, 1.807) is 0 Å². The minimum Gasteiger partial charge on any atom is -0.494 e. The predicted octanol–water partition coefficient (Wildman–Crippen LogP) is 1.65. The summed E-state index contributed by atoms with van der Waals surface area (Å²) in [5.41, 5.74) is 5.55. The van der Waals surface area contributed by atoms with Gasteiger partial charge in [-0.25, -0.2) is 4.39 Å². The van der Waals surface area contributed by atoms with Crippen LogP contribution in [0.25, 0.3) is 0 Å². The van der Waals surface area contributed by atoms with Crippen LogP contribution in [0.5, 0.6) is 5.75 Å². The Kier molecular flexibility index (Phi) is 3.02. The molecule has 0 atom stereocenters. The highest BCUT2D eigenvalue weighted by Crippen LogP contribution is 2.32. The number of anilines is 1.